The van der Waals surface area contributed by atoms with Gasteiger partial charge in [-0.2, -0.15) is 0 Å². The molecule has 15 heavy (non-hydrogen) atoms. The first kappa shape index (κ1) is 12.1. The van der Waals surface area contributed by atoms with Crippen molar-refractivity contribution in [2.75, 3.05) is 19.7 Å². The van der Waals surface area contributed by atoms with Gasteiger partial charge in [-0.1, -0.05) is 6.07 Å². The molecular weight excluding hydrogens is 195 g/mol. The van der Waals surface area contributed by atoms with Gasteiger partial charge >= 0.3 is 0 Å². The van der Waals surface area contributed by atoms with Crippen LogP contribution in [0.1, 0.15) is 17.2 Å². The average molecular weight is 212 g/mol. The summed E-state index contributed by atoms with van der Waals surface area (Å²) < 4.78 is 12.9. The maximum Gasteiger partial charge on any atom is 0.123 e. The molecule has 0 aliphatic rings. The van der Waals surface area contributed by atoms with Crippen molar-refractivity contribution in [3.8, 4) is 0 Å². The normalized spacial score (nSPS) is 12.8. The monoisotopic (exact) mass is 212 g/mol. The molecule has 0 spiro atoms. The zero-order valence-electron chi connectivity index (χ0n) is 8.83. The minimum atomic E-state index is -0.242. The van der Waals surface area contributed by atoms with Gasteiger partial charge in [-0.25, -0.2) is 4.39 Å². The molecule has 0 heterocycles. The Morgan fingerprint density at radius 3 is 2.80 bits per heavy atom. The van der Waals surface area contributed by atoms with Crippen LogP contribution in [0, 0.1) is 12.7 Å². The second-order valence-corrected chi connectivity index (χ2v) is 3.47. The van der Waals surface area contributed by atoms with Gasteiger partial charge in [0.2, 0.25) is 0 Å². The number of hydrogen-bond acceptors (Lipinski definition) is 3. The average Bonchev–Trinajstić information content (AvgIpc) is 2.21. The summed E-state index contributed by atoms with van der Waals surface area (Å²) in [6, 6.07) is 4.61. The molecule has 1 aromatic rings. The largest absolute Gasteiger partial charge is 0.395 e. The molecule has 0 aromatic heterocycles. The van der Waals surface area contributed by atoms with E-state index in [0.29, 0.717) is 13.1 Å². The van der Waals surface area contributed by atoms with Gasteiger partial charge in [-0.3, -0.25) is 0 Å². The Hall–Kier alpha value is -0.970. The van der Waals surface area contributed by atoms with E-state index in [1.165, 1.54) is 12.1 Å². The van der Waals surface area contributed by atoms with Crippen LogP contribution in [0.3, 0.4) is 0 Å². The van der Waals surface area contributed by atoms with E-state index in [-0.39, 0.29) is 18.5 Å². The highest BCUT2D eigenvalue weighted by Crippen LogP contribution is 2.17. The maximum absolute atomic E-state index is 12.9. The van der Waals surface area contributed by atoms with E-state index in [9.17, 15) is 4.39 Å². The first-order valence-electron chi connectivity index (χ1n) is 4.99. The quantitative estimate of drug-likeness (QED) is 0.674. The molecule has 1 aromatic carbocycles. The van der Waals surface area contributed by atoms with E-state index in [0.717, 1.165) is 11.1 Å². The smallest absolute Gasteiger partial charge is 0.123 e. The summed E-state index contributed by atoms with van der Waals surface area (Å²) >= 11 is 0. The minimum absolute atomic E-state index is 0.0299. The fourth-order valence-electron chi connectivity index (χ4n) is 1.59. The molecule has 0 bridgehead atoms. The standard InChI is InChI=1S/C11H17FN2O/c1-8-6-9(12)2-3-10(8)11(7-13)14-4-5-15/h2-3,6,11,14-15H,4-5,7,13H2,1H3. The fourth-order valence-corrected chi connectivity index (χ4v) is 1.59. The number of aliphatic hydroxyl groups excluding tert-OH is 1. The third-order valence-corrected chi connectivity index (χ3v) is 2.35. The summed E-state index contributed by atoms with van der Waals surface area (Å²) in [6.45, 7) is 2.82. The molecule has 84 valence electrons. The molecule has 0 saturated heterocycles. The lowest BCUT2D eigenvalue weighted by Crippen LogP contribution is -2.30. The second kappa shape index (κ2) is 5.80. The number of hydrogen-bond donors (Lipinski definition) is 3. The molecule has 0 aliphatic heterocycles. The number of halogens is 1. The Morgan fingerprint density at radius 2 is 2.27 bits per heavy atom. The number of nitrogens with two attached hydrogens (primary N) is 1. The van der Waals surface area contributed by atoms with Crippen LogP contribution in [0.15, 0.2) is 18.2 Å². The van der Waals surface area contributed by atoms with Crippen LogP contribution in [0.5, 0.6) is 0 Å². The van der Waals surface area contributed by atoms with Gasteiger partial charge in [0.05, 0.1) is 6.61 Å². The number of aliphatic hydroxyl groups is 1. The van der Waals surface area contributed by atoms with Crippen LogP contribution < -0.4 is 11.1 Å². The van der Waals surface area contributed by atoms with Crippen molar-refractivity contribution in [3.63, 3.8) is 0 Å². The SMILES string of the molecule is Cc1cc(F)ccc1C(CN)NCCO. The van der Waals surface area contributed by atoms with E-state index in [4.69, 9.17) is 10.8 Å². The van der Waals surface area contributed by atoms with Crippen LogP contribution in [0.25, 0.3) is 0 Å². The second-order valence-electron chi connectivity index (χ2n) is 3.47. The van der Waals surface area contributed by atoms with E-state index < -0.39 is 0 Å². The molecule has 4 N–H and O–H groups in total. The zero-order chi connectivity index (χ0) is 11.3. The van der Waals surface area contributed by atoms with Gasteiger partial charge in [0, 0.05) is 19.1 Å². The highest BCUT2D eigenvalue weighted by atomic mass is 19.1. The van der Waals surface area contributed by atoms with Crippen LogP contribution in [-0.4, -0.2) is 24.8 Å². The molecule has 0 fully saturated rings. The molecule has 1 rings (SSSR count). The lowest BCUT2D eigenvalue weighted by Gasteiger charge is -2.18. The van der Waals surface area contributed by atoms with Crippen molar-refractivity contribution in [2.45, 2.75) is 13.0 Å². The van der Waals surface area contributed by atoms with Crippen molar-refractivity contribution in [2.24, 2.45) is 5.73 Å². The van der Waals surface area contributed by atoms with E-state index in [2.05, 4.69) is 5.32 Å². The number of nitrogens with one attached hydrogen (secondary N) is 1. The number of benzene rings is 1. The van der Waals surface area contributed by atoms with Crippen molar-refractivity contribution in [1.29, 1.82) is 0 Å². The Bertz CT molecular complexity index is 317. The molecule has 1 atom stereocenters. The zero-order valence-corrected chi connectivity index (χ0v) is 8.83. The van der Waals surface area contributed by atoms with Crippen LogP contribution in [-0.2, 0) is 0 Å². The number of rotatable bonds is 5. The van der Waals surface area contributed by atoms with Gasteiger partial charge in [0.15, 0.2) is 0 Å². The van der Waals surface area contributed by atoms with Gasteiger partial charge < -0.3 is 16.2 Å². The Morgan fingerprint density at radius 1 is 1.53 bits per heavy atom. The lowest BCUT2D eigenvalue weighted by atomic mass is 10.0. The van der Waals surface area contributed by atoms with Gasteiger partial charge in [-0.15, -0.1) is 0 Å². The van der Waals surface area contributed by atoms with Crippen molar-refractivity contribution < 1.29 is 9.50 Å². The predicted octanol–water partition coefficient (Wildman–Crippen LogP) is 0.716. The third-order valence-electron chi connectivity index (χ3n) is 2.35. The number of aryl methyl sites for hydroxylation is 1. The topological polar surface area (TPSA) is 58.3 Å². The molecular formula is C11H17FN2O. The highest BCUT2D eigenvalue weighted by Gasteiger charge is 2.11. The van der Waals surface area contributed by atoms with Crippen LogP contribution in [0.4, 0.5) is 4.39 Å². The van der Waals surface area contributed by atoms with Crippen molar-refractivity contribution in [3.05, 3.63) is 35.1 Å². The molecule has 1 unspecified atom stereocenters. The Labute approximate surface area is 89.1 Å². The van der Waals surface area contributed by atoms with Gasteiger partial charge in [-0.05, 0) is 30.2 Å². The van der Waals surface area contributed by atoms with Gasteiger partial charge in [0.25, 0.3) is 0 Å². The predicted molar refractivity (Wildman–Crippen MR) is 58.0 cm³/mol. The third kappa shape index (κ3) is 3.27. The first-order valence-corrected chi connectivity index (χ1v) is 4.99. The first-order chi connectivity index (χ1) is 7.19. The van der Waals surface area contributed by atoms with Crippen LogP contribution in [0.2, 0.25) is 0 Å². The summed E-state index contributed by atoms with van der Waals surface area (Å²) in [5, 5.41) is 11.8. The summed E-state index contributed by atoms with van der Waals surface area (Å²) in [4.78, 5) is 0. The Kier molecular flexibility index (Phi) is 4.68. The molecule has 0 amide bonds. The molecule has 0 radical (unpaired) electrons. The summed E-state index contributed by atoms with van der Waals surface area (Å²) in [5.41, 5.74) is 7.46. The molecule has 0 saturated carbocycles. The maximum atomic E-state index is 12.9. The molecule has 0 aliphatic carbocycles. The molecule has 4 heteroatoms. The highest BCUT2D eigenvalue weighted by molar-refractivity contribution is 5.29. The minimum Gasteiger partial charge on any atom is -0.395 e. The lowest BCUT2D eigenvalue weighted by molar-refractivity contribution is 0.285. The van der Waals surface area contributed by atoms with Crippen LogP contribution >= 0.6 is 0 Å². The summed E-state index contributed by atoms with van der Waals surface area (Å²) in [5.74, 6) is -0.242. The Balaban J connectivity index is 2.81. The molecule has 3 nitrogen and oxygen atoms in total. The summed E-state index contributed by atoms with van der Waals surface area (Å²) in [7, 11) is 0. The fraction of sp³-hybridized carbons (Fsp3) is 0.455. The van der Waals surface area contributed by atoms with Crippen molar-refractivity contribution in [1.82, 2.24) is 5.32 Å². The van der Waals surface area contributed by atoms with E-state index in [1.807, 2.05) is 6.92 Å². The van der Waals surface area contributed by atoms with Gasteiger partial charge in [0.1, 0.15) is 5.82 Å². The summed E-state index contributed by atoms with van der Waals surface area (Å²) in [6.07, 6.45) is 0. The van der Waals surface area contributed by atoms with E-state index >= 15 is 0 Å². The van der Waals surface area contributed by atoms with E-state index in [1.54, 1.807) is 6.07 Å². The van der Waals surface area contributed by atoms with Crippen molar-refractivity contribution >= 4 is 0 Å².